The fourth-order valence-corrected chi connectivity index (χ4v) is 3.99. The minimum absolute atomic E-state index is 0.831. The lowest BCUT2D eigenvalue weighted by molar-refractivity contribution is 0.397. The number of unbranched alkanes of at least 4 members (excludes halogenated alkanes) is 12. The Kier molecular flexibility index (Phi) is 20.3. The van der Waals surface area contributed by atoms with Gasteiger partial charge in [-0.3, -0.25) is 0 Å². The van der Waals surface area contributed by atoms with E-state index in [0.717, 1.165) is 11.8 Å². The van der Waals surface area contributed by atoms with E-state index in [9.17, 15) is 0 Å². The predicted octanol–water partition coefficient (Wildman–Crippen LogP) is 9.52. The zero-order valence-electron chi connectivity index (χ0n) is 18.5. The van der Waals surface area contributed by atoms with Gasteiger partial charge < -0.3 is 0 Å². The summed E-state index contributed by atoms with van der Waals surface area (Å²) in [7, 11) is 0. The van der Waals surface area contributed by atoms with Crippen LogP contribution in [-0.4, -0.2) is 0 Å². The molecule has 0 aromatic heterocycles. The number of hydrogen-bond acceptors (Lipinski definition) is 0. The maximum absolute atomic E-state index is 2.75. The van der Waals surface area contributed by atoms with Gasteiger partial charge in [-0.05, 0) is 18.3 Å². The fourth-order valence-electron chi connectivity index (χ4n) is 3.99. The quantitative estimate of drug-likeness (QED) is 0.191. The van der Waals surface area contributed by atoms with Crippen molar-refractivity contribution in [1.29, 1.82) is 0 Å². The van der Waals surface area contributed by atoms with E-state index in [2.05, 4.69) is 34.1 Å². The van der Waals surface area contributed by atoms with E-state index in [1.54, 1.807) is 0 Å². The SMILES string of the molecule is CCCCCCCCC([CH]C(C)CCCCCCC)CCCCCC. The molecule has 0 fully saturated rings. The van der Waals surface area contributed by atoms with Crippen molar-refractivity contribution in [2.24, 2.45) is 11.8 Å². The van der Waals surface area contributed by atoms with Crippen molar-refractivity contribution in [2.75, 3.05) is 0 Å². The van der Waals surface area contributed by atoms with E-state index < -0.39 is 0 Å². The van der Waals surface area contributed by atoms with Crippen LogP contribution in [0.1, 0.15) is 143 Å². The van der Waals surface area contributed by atoms with Gasteiger partial charge in [-0.1, -0.05) is 143 Å². The summed E-state index contributed by atoms with van der Waals surface area (Å²) in [6.07, 6.45) is 28.5. The molecule has 0 heteroatoms. The largest absolute Gasteiger partial charge is 0.0654 e. The first-order valence-electron chi connectivity index (χ1n) is 12.1. The van der Waals surface area contributed by atoms with Crippen LogP contribution in [0.2, 0.25) is 0 Å². The first-order valence-corrected chi connectivity index (χ1v) is 12.1. The lowest BCUT2D eigenvalue weighted by Crippen LogP contribution is -2.09. The molecule has 0 aliphatic carbocycles. The summed E-state index contributed by atoms with van der Waals surface area (Å²) in [6, 6.07) is 0. The molecule has 151 valence electrons. The van der Waals surface area contributed by atoms with E-state index in [1.807, 2.05) is 0 Å². The smallest absolute Gasteiger partial charge is 0.0326 e. The minimum Gasteiger partial charge on any atom is -0.0654 e. The Balaban J connectivity index is 3.92. The molecular weight excluding hydrogens is 300 g/mol. The second kappa shape index (κ2) is 20.3. The molecule has 0 aromatic carbocycles. The molecule has 0 rings (SSSR count). The normalized spacial score (nSPS) is 13.9. The van der Waals surface area contributed by atoms with Gasteiger partial charge in [0.05, 0.1) is 0 Å². The van der Waals surface area contributed by atoms with Crippen LogP contribution in [0.15, 0.2) is 0 Å². The van der Waals surface area contributed by atoms with E-state index in [4.69, 9.17) is 0 Å². The van der Waals surface area contributed by atoms with Crippen LogP contribution in [-0.2, 0) is 0 Å². The molecule has 0 saturated heterocycles. The first-order chi connectivity index (χ1) is 12.2. The fraction of sp³-hybridized carbons (Fsp3) is 0.960. The molecule has 0 aromatic rings. The van der Waals surface area contributed by atoms with E-state index >= 15 is 0 Å². The molecule has 0 aliphatic rings. The van der Waals surface area contributed by atoms with Crippen LogP contribution < -0.4 is 0 Å². The number of hydrogen-bond donors (Lipinski definition) is 0. The lowest BCUT2D eigenvalue weighted by atomic mass is 9.85. The third kappa shape index (κ3) is 18.6. The molecule has 0 nitrogen and oxygen atoms in total. The van der Waals surface area contributed by atoms with E-state index in [-0.39, 0.29) is 0 Å². The van der Waals surface area contributed by atoms with Gasteiger partial charge in [-0.15, -0.1) is 0 Å². The third-order valence-electron chi connectivity index (χ3n) is 5.72. The van der Waals surface area contributed by atoms with Gasteiger partial charge in [-0.2, -0.15) is 0 Å². The summed E-state index contributed by atoms with van der Waals surface area (Å²) in [5.74, 6) is 1.73. The molecule has 2 unspecified atom stereocenters. The van der Waals surface area contributed by atoms with Crippen LogP contribution in [0.25, 0.3) is 0 Å². The third-order valence-corrected chi connectivity index (χ3v) is 5.72. The van der Waals surface area contributed by atoms with Gasteiger partial charge >= 0.3 is 0 Å². The molecule has 2 atom stereocenters. The number of rotatable bonds is 20. The van der Waals surface area contributed by atoms with Crippen molar-refractivity contribution in [3.8, 4) is 0 Å². The zero-order chi connectivity index (χ0) is 18.6. The van der Waals surface area contributed by atoms with Crippen molar-refractivity contribution < 1.29 is 0 Å². The Bertz CT molecular complexity index is 232. The molecule has 25 heavy (non-hydrogen) atoms. The van der Waals surface area contributed by atoms with E-state index in [0.29, 0.717) is 0 Å². The highest BCUT2D eigenvalue weighted by Gasteiger charge is 2.13. The Labute approximate surface area is 161 Å². The van der Waals surface area contributed by atoms with Gasteiger partial charge in [0.15, 0.2) is 0 Å². The van der Waals surface area contributed by atoms with Gasteiger partial charge in [-0.25, -0.2) is 0 Å². The van der Waals surface area contributed by atoms with Crippen molar-refractivity contribution >= 4 is 0 Å². The topological polar surface area (TPSA) is 0 Å². The molecule has 0 heterocycles. The molecule has 0 spiro atoms. The average molecular weight is 352 g/mol. The summed E-state index contributed by atoms with van der Waals surface area (Å²) in [4.78, 5) is 0. The standard InChI is InChI=1S/C25H51/c1-5-8-11-14-16-19-22-25(21-18-13-10-7-3)23-24(4)20-17-15-12-9-6-2/h23-25H,5-22H2,1-4H3. The Morgan fingerprint density at radius 3 is 1.32 bits per heavy atom. The average Bonchev–Trinajstić information content (AvgIpc) is 2.61. The highest BCUT2D eigenvalue weighted by atomic mass is 14.2. The summed E-state index contributed by atoms with van der Waals surface area (Å²) < 4.78 is 0. The Morgan fingerprint density at radius 2 is 0.840 bits per heavy atom. The zero-order valence-corrected chi connectivity index (χ0v) is 18.5. The lowest BCUT2D eigenvalue weighted by Gasteiger charge is -2.21. The van der Waals surface area contributed by atoms with Crippen LogP contribution in [0.4, 0.5) is 0 Å². The van der Waals surface area contributed by atoms with Crippen molar-refractivity contribution in [3.63, 3.8) is 0 Å². The molecule has 0 saturated carbocycles. The first kappa shape index (κ1) is 25.0. The summed E-state index contributed by atoms with van der Waals surface area (Å²) in [6.45, 7) is 9.41. The summed E-state index contributed by atoms with van der Waals surface area (Å²) >= 11 is 0. The minimum atomic E-state index is 0.831. The Hall–Kier alpha value is 0. The molecule has 1 radical (unpaired) electrons. The van der Waals surface area contributed by atoms with Crippen molar-refractivity contribution in [2.45, 2.75) is 143 Å². The van der Waals surface area contributed by atoms with Crippen LogP contribution >= 0.6 is 0 Å². The van der Waals surface area contributed by atoms with Gasteiger partial charge in [0.25, 0.3) is 0 Å². The van der Waals surface area contributed by atoms with Crippen LogP contribution in [0.3, 0.4) is 0 Å². The van der Waals surface area contributed by atoms with Gasteiger partial charge in [0.1, 0.15) is 0 Å². The molecule has 0 aliphatic heterocycles. The molecule has 0 N–H and O–H groups in total. The maximum Gasteiger partial charge on any atom is -0.0326 e. The predicted molar refractivity (Wildman–Crippen MR) is 117 cm³/mol. The van der Waals surface area contributed by atoms with Crippen molar-refractivity contribution in [1.82, 2.24) is 0 Å². The summed E-state index contributed by atoms with van der Waals surface area (Å²) in [5, 5.41) is 0. The second-order valence-corrected chi connectivity index (χ2v) is 8.54. The highest BCUT2D eigenvalue weighted by Crippen LogP contribution is 2.26. The molecule has 0 amide bonds. The summed E-state index contributed by atoms with van der Waals surface area (Å²) in [5.41, 5.74) is 0. The molecular formula is C25H51. The Morgan fingerprint density at radius 1 is 0.480 bits per heavy atom. The van der Waals surface area contributed by atoms with Crippen LogP contribution in [0.5, 0.6) is 0 Å². The maximum atomic E-state index is 2.75. The van der Waals surface area contributed by atoms with Gasteiger partial charge in [0, 0.05) is 0 Å². The van der Waals surface area contributed by atoms with Crippen molar-refractivity contribution in [3.05, 3.63) is 6.42 Å². The van der Waals surface area contributed by atoms with Crippen LogP contribution in [0, 0.1) is 18.3 Å². The van der Waals surface area contributed by atoms with Gasteiger partial charge in [0.2, 0.25) is 0 Å². The molecule has 0 bridgehead atoms. The highest BCUT2D eigenvalue weighted by molar-refractivity contribution is 4.81. The second-order valence-electron chi connectivity index (χ2n) is 8.54. The monoisotopic (exact) mass is 351 g/mol. The van der Waals surface area contributed by atoms with E-state index in [1.165, 1.54) is 116 Å².